The summed E-state index contributed by atoms with van der Waals surface area (Å²) in [6.07, 6.45) is 5.31. The van der Waals surface area contributed by atoms with E-state index >= 15 is 0 Å². The second-order valence-electron chi connectivity index (χ2n) is 5.47. The van der Waals surface area contributed by atoms with Crippen LogP contribution in [-0.4, -0.2) is 35.1 Å². The summed E-state index contributed by atoms with van der Waals surface area (Å²) in [5, 5.41) is 4.38. The van der Waals surface area contributed by atoms with Crippen LogP contribution in [0.1, 0.15) is 39.5 Å². The van der Waals surface area contributed by atoms with Crippen LogP contribution in [0.3, 0.4) is 0 Å². The number of amides is 1. The molecule has 0 bridgehead atoms. The van der Waals surface area contributed by atoms with Gasteiger partial charge in [0.25, 0.3) is 0 Å². The van der Waals surface area contributed by atoms with E-state index in [1.54, 1.807) is 6.92 Å². The Balaban J connectivity index is 1.92. The van der Waals surface area contributed by atoms with Gasteiger partial charge in [-0.25, -0.2) is 5.01 Å². The van der Waals surface area contributed by atoms with E-state index in [0.717, 1.165) is 19.0 Å². The van der Waals surface area contributed by atoms with Crippen molar-refractivity contribution in [1.29, 1.82) is 0 Å². The van der Waals surface area contributed by atoms with E-state index < -0.39 is 0 Å². The van der Waals surface area contributed by atoms with Crippen LogP contribution in [0.25, 0.3) is 0 Å². The van der Waals surface area contributed by atoms with Crippen molar-refractivity contribution in [3.05, 3.63) is 0 Å². The number of carbonyl (C=O) groups excluding carboxylic acids is 1. The summed E-state index contributed by atoms with van der Waals surface area (Å²) in [6, 6.07) is 0.686. The Bertz CT molecular complexity index is 304. The zero-order valence-electron chi connectivity index (χ0n) is 9.70. The van der Waals surface area contributed by atoms with Gasteiger partial charge in [0, 0.05) is 26.1 Å². The van der Waals surface area contributed by atoms with Crippen molar-refractivity contribution in [1.82, 2.24) is 10.0 Å². The highest BCUT2D eigenvalue weighted by Gasteiger charge is 2.59. The molecule has 1 saturated carbocycles. The fourth-order valence-corrected chi connectivity index (χ4v) is 4.25. The molecule has 15 heavy (non-hydrogen) atoms. The Kier molecular flexibility index (Phi) is 1.91. The number of rotatable bonds is 1. The third-order valence-corrected chi connectivity index (χ3v) is 5.03. The minimum Gasteiger partial charge on any atom is -0.275 e. The number of hydrazine groups is 1. The molecule has 2 saturated heterocycles. The zero-order chi connectivity index (χ0) is 10.6. The predicted molar refractivity (Wildman–Crippen MR) is 57.9 cm³/mol. The van der Waals surface area contributed by atoms with Crippen molar-refractivity contribution in [2.24, 2.45) is 11.3 Å². The van der Waals surface area contributed by atoms with Crippen LogP contribution < -0.4 is 0 Å². The van der Waals surface area contributed by atoms with Gasteiger partial charge in [0.2, 0.25) is 5.91 Å². The van der Waals surface area contributed by atoms with Gasteiger partial charge in [-0.15, -0.1) is 0 Å². The highest BCUT2D eigenvalue weighted by atomic mass is 16.2. The molecule has 3 fully saturated rings. The van der Waals surface area contributed by atoms with Gasteiger partial charge >= 0.3 is 0 Å². The van der Waals surface area contributed by atoms with Gasteiger partial charge in [0.1, 0.15) is 0 Å². The van der Waals surface area contributed by atoms with Gasteiger partial charge in [0.15, 0.2) is 0 Å². The first-order valence-corrected chi connectivity index (χ1v) is 6.22. The molecule has 3 aliphatic rings. The van der Waals surface area contributed by atoms with Crippen molar-refractivity contribution in [3.8, 4) is 0 Å². The molecular formula is C12H20N2O. The van der Waals surface area contributed by atoms with E-state index in [4.69, 9.17) is 0 Å². The summed E-state index contributed by atoms with van der Waals surface area (Å²) in [7, 11) is 0. The lowest BCUT2D eigenvalue weighted by Gasteiger charge is -2.31. The molecule has 2 heterocycles. The fraction of sp³-hybridized carbons (Fsp3) is 0.917. The molecule has 3 heteroatoms. The summed E-state index contributed by atoms with van der Waals surface area (Å²) < 4.78 is 0. The predicted octanol–water partition coefficient (Wildman–Crippen LogP) is 1.64. The van der Waals surface area contributed by atoms with Gasteiger partial charge in [-0.05, 0) is 37.0 Å². The van der Waals surface area contributed by atoms with Crippen LogP contribution in [0.2, 0.25) is 0 Å². The van der Waals surface area contributed by atoms with E-state index in [1.807, 2.05) is 5.01 Å². The van der Waals surface area contributed by atoms with E-state index in [2.05, 4.69) is 11.9 Å². The smallest absolute Gasteiger partial charge is 0.233 e. The van der Waals surface area contributed by atoms with E-state index in [9.17, 15) is 4.79 Å². The molecule has 0 unspecified atom stereocenters. The molecule has 0 aromatic heterocycles. The van der Waals surface area contributed by atoms with Gasteiger partial charge in [-0.2, -0.15) is 0 Å². The monoisotopic (exact) mass is 208 g/mol. The van der Waals surface area contributed by atoms with Gasteiger partial charge in [-0.3, -0.25) is 9.80 Å². The van der Waals surface area contributed by atoms with E-state index in [0.29, 0.717) is 11.5 Å². The Labute approximate surface area is 91.4 Å². The standard InChI is InChI=1S/C12H20N2O/c1-3-12-5-4-10-8-14(9(2)15)13(7-6-12)11(10)12/h10-11H,3-8H2,1-2H3/t10-,11+,12+/m1/s1. The van der Waals surface area contributed by atoms with Crippen LogP contribution in [0, 0.1) is 11.3 Å². The van der Waals surface area contributed by atoms with Crippen LogP contribution in [0.15, 0.2) is 0 Å². The first-order valence-electron chi connectivity index (χ1n) is 6.22. The molecule has 0 spiro atoms. The average molecular weight is 208 g/mol. The molecular weight excluding hydrogens is 188 g/mol. The average Bonchev–Trinajstić information content (AvgIpc) is 2.84. The summed E-state index contributed by atoms with van der Waals surface area (Å²) in [6.45, 7) is 6.12. The first-order chi connectivity index (χ1) is 7.18. The summed E-state index contributed by atoms with van der Waals surface area (Å²) >= 11 is 0. The molecule has 1 aliphatic carbocycles. The van der Waals surface area contributed by atoms with Crippen LogP contribution in [0.4, 0.5) is 0 Å². The number of hydrogen-bond donors (Lipinski definition) is 0. The SMILES string of the molecule is CC[C@]12CC[C@@H]3CN(C(C)=O)N(CC1)[C@@H]32. The summed E-state index contributed by atoms with van der Waals surface area (Å²) in [5.74, 6) is 0.993. The van der Waals surface area contributed by atoms with Gasteiger partial charge in [0.05, 0.1) is 0 Å². The largest absolute Gasteiger partial charge is 0.275 e. The normalized spacial score (nSPS) is 43.7. The van der Waals surface area contributed by atoms with Crippen LogP contribution in [-0.2, 0) is 4.79 Å². The Hall–Kier alpha value is -0.570. The lowest BCUT2D eigenvalue weighted by molar-refractivity contribution is -0.142. The Morgan fingerprint density at radius 1 is 1.47 bits per heavy atom. The van der Waals surface area contributed by atoms with Crippen molar-refractivity contribution in [2.45, 2.75) is 45.6 Å². The maximum absolute atomic E-state index is 11.5. The number of nitrogens with zero attached hydrogens (tertiary/aromatic N) is 2. The quantitative estimate of drug-likeness (QED) is 0.654. The van der Waals surface area contributed by atoms with Crippen molar-refractivity contribution in [3.63, 3.8) is 0 Å². The number of carbonyl (C=O) groups is 1. The van der Waals surface area contributed by atoms with Crippen LogP contribution >= 0.6 is 0 Å². The lowest BCUT2D eigenvalue weighted by Crippen LogP contribution is -2.42. The second kappa shape index (κ2) is 2.97. The minimum atomic E-state index is 0.233. The molecule has 0 radical (unpaired) electrons. The van der Waals surface area contributed by atoms with Crippen molar-refractivity contribution < 1.29 is 4.79 Å². The maximum atomic E-state index is 11.5. The summed E-state index contributed by atoms with van der Waals surface area (Å²) in [5.41, 5.74) is 0.550. The molecule has 0 N–H and O–H groups in total. The molecule has 1 amide bonds. The molecule has 3 rings (SSSR count). The maximum Gasteiger partial charge on any atom is 0.233 e. The van der Waals surface area contributed by atoms with Gasteiger partial charge < -0.3 is 0 Å². The summed E-state index contributed by atoms with van der Waals surface area (Å²) in [4.78, 5) is 11.5. The minimum absolute atomic E-state index is 0.233. The molecule has 2 aliphatic heterocycles. The van der Waals surface area contributed by atoms with Gasteiger partial charge in [-0.1, -0.05) is 6.92 Å². The second-order valence-corrected chi connectivity index (χ2v) is 5.47. The topological polar surface area (TPSA) is 23.6 Å². The molecule has 3 atom stereocenters. The molecule has 0 aromatic carbocycles. The highest BCUT2D eigenvalue weighted by Crippen LogP contribution is 2.56. The third-order valence-electron chi connectivity index (χ3n) is 5.03. The first kappa shape index (κ1) is 9.64. The zero-order valence-corrected chi connectivity index (χ0v) is 9.70. The third kappa shape index (κ3) is 1.07. The van der Waals surface area contributed by atoms with E-state index in [1.165, 1.54) is 25.7 Å². The highest BCUT2D eigenvalue weighted by molar-refractivity contribution is 5.73. The molecule has 84 valence electrons. The molecule has 3 nitrogen and oxygen atoms in total. The van der Waals surface area contributed by atoms with Crippen LogP contribution in [0.5, 0.6) is 0 Å². The number of hydrogen-bond acceptors (Lipinski definition) is 2. The molecule has 0 aromatic rings. The fourth-order valence-electron chi connectivity index (χ4n) is 4.25. The lowest BCUT2D eigenvalue weighted by atomic mass is 9.79. The van der Waals surface area contributed by atoms with E-state index in [-0.39, 0.29) is 5.91 Å². The van der Waals surface area contributed by atoms with Crippen molar-refractivity contribution in [2.75, 3.05) is 13.1 Å². The van der Waals surface area contributed by atoms with Crippen molar-refractivity contribution >= 4 is 5.91 Å². The Morgan fingerprint density at radius 3 is 2.93 bits per heavy atom. The Morgan fingerprint density at radius 2 is 2.27 bits per heavy atom.